The number of fused-ring (bicyclic) bond motifs is 1. The van der Waals surface area contributed by atoms with Gasteiger partial charge < -0.3 is 0 Å². The van der Waals surface area contributed by atoms with Gasteiger partial charge in [0.25, 0.3) is 10.0 Å². The Balaban J connectivity index is 2.10. The molecule has 0 amide bonds. The average molecular weight is 447 g/mol. The highest BCUT2D eigenvalue weighted by Gasteiger charge is 2.21. The molecule has 2 aromatic carbocycles. The minimum absolute atomic E-state index is 0.137. The van der Waals surface area contributed by atoms with Gasteiger partial charge in [0.15, 0.2) is 5.82 Å². The highest BCUT2D eigenvalue weighted by atomic mass is 127. The smallest absolute Gasteiger partial charge is 0.264 e. The summed E-state index contributed by atoms with van der Waals surface area (Å²) < 4.78 is 54.2. The largest absolute Gasteiger partial charge is 0.277 e. The van der Waals surface area contributed by atoms with E-state index in [4.69, 9.17) is 0 Å². The van der Waals surface area contributed by atoms with Crippen LogP contribution in [-0.2, 0) is 10.0 Å². The molecule has 0 atom stereocenters. The number of aromatic nitrogens is 2. The van der Waals surface area contributed by atoms with Gasteiger partial charge in [-0.05, 0) is 46.9 Å². The first-order chi connectivity index (χ1) is 10.9. The van der Waals surface area contributed by atoms with E-state index in [9.17, 15) is 17.2 Å². The maximum Gasteiger partial charge on any atom is 0.264 e. The van der Waals surface area contributed by atoms with Crippen molar-refractivity contribution in [2.75, 3.05) is 4.72 Å². The molecule has 9 heteroatoms. The summed E-state index contributed by atoms with van der Waals surface area (Å²) in [4.78, 5) is 7.90. The van der Waals surface area contributed by atoms with E-state index < -0.39 is 21.7 Å². The molecule has 5 nitrogen and oxygen atoms in total. The number of benzene rings is 2. The number of para-hydroxylation sites is 1. The van der Waals surface area contributed by atoms with Crippen molar-refractivity contribution in [3.63, 3.8) is 0 Å². The van der Waals surface area contributed by atoms with Gasteiger partial charge in [-0.15, -0.1) is 0 Å². The quantitative estimate of drug-likeness (QED) is 0.494. The van der Waals surface area contributed by atoms with Crippen molar-refractivity contribution >= 4 is 49.3 Å². The number of anilines is 1. The summed E-state index contributed by atoms with van der Waals surface area (Å²) in [6.07, 6.45) is 2.80. The molecule has 0 unspecified atom stereocenters. The van der Waals surface area contributed by atoms with Crippen molar-refractivity contribution in [1.82, 2.24) is 9.97 Å². The number of hydrogen-bond acceptors (Lipinski definition) is 4. The van der Waals surface area contributed by atoms with Crippen LogP contribution in [0, 0.1) is 15.2 Å². The summed E-state index contributed by atoms with van der Waals surface area (Å²) in [6, 6.07) is 6.48. The molecule has 0 aliphatic carbocycles. The lowest BCUT2D eigenvalue weighted by Gasteiger charge is -2.11. The first-order valence-electron chi connectivity index (χ1n) is 6.26. The minimum Gasteiger partial charge on any atom is -0.277 e. The summed E-state index contributed by atoms with van der Waals surface area (Å²) in [7, 11) is -4.11. The van der Waals surface area contributed by atoms with E-state index in [1.807, 2.05) is 0 Å². The van der Waals surface area contributed by atoms with Crippen LogP contribution in [0.15, 0.2) is 47.6 Å². The summed E-state index contributed by atoms with van der Waals surface area (Å²) in [5.74, 6) is -1.73. The Morgan fingerprint density at radius 2 is 1.78 bits per heavy atom. The van der Waals surface area contributed by atoms with Crippen LogP contribution in [0.25, 0.3) is 11.0 Å². The molecule has 0 saturated carbocycles. The predicted octanol–water partition coefficient (Wildman–Crippen LogP) is 3.31. The van der Waals surface area contributed by atoms with Crippen LogP contribution in [0.4, 0.5) is 14.5 Å². The second-order valence-corrected chi connectivity index (χ2v) is 7.24. The molecule has 118 valence electrons. The van der Waals surface area contributed by atoms with Gasteiger partial charge >= 0.3 is 0 Å². The first-order valence-corrected chi connectivity index (χ1v) is 8.82. The van der Waals surface area contributed by atoms with Gasteiger partial charge in [-0.2, -0.15) is 0 Å². The molecule has 0 aliphatic heterocycles. The van der Waals surface area contributed by atoms with Crippen LogP contribution in [0.1, 0.15) is 0 Å². The third-order valence-corrected chi connectivity index (χ3v) is 5.42. The van der Waals surface area contributed by atoms with Gasteiger partial charge in [-0.25, -0.2) is 17.2 Å². The average Bonchev–Trinajstić information content (AvgIpc) is 2.55. The van der Waals surface area contributed by atoms with Crippen LogP contribution in [0.2, 0.25) is 0 Å². The van der Waals surface area contributed by atoms with E-state index in [1.165, 1.54) is 47.1 Å². The number of halogens is 3. The predicted molar refractivity (Wildman–Crippen MR) is 89.4 cm³/mol. The van der Waals surface area contributed by atoms with Crippen LogP contribution in [0.3, 0.4) is 0 Å². The minimum atomic E-state index is -4.11. The SMILES string of the molecule is O=S(=O)(Nc1ccc(F)c(I)c1F)c1cccc2nccnc12. The Bertz CT molecular complexity index is 1010. The summed E-state index contributed by atoms with van der Waals surface area (Å²) >= 11 is 1.47. The Kier molecular flexibility index (Phi) is 4.15. The van der Waals surface area contributed by atoms with E-state index in [-0.39, 0.29) is 19.7 Å². The number of hydrogen-bond donors (Lipinski definition) is 1. The zero-order valence-electron chi connectivity index (χ0n) is 11.3. The third-order valence-electron chi connectivity index (χ3n) is 3.03. The van der Waals surface area contributed by atoms with Gasteiger partial charge in [-0.1, -0.05) is 6.07 Å². The van der Waals surface area contributed by atoms with E-state index in [0.717, 1.165) is 12.1 Å². The lowest BCUT2D eigenvalue weighted by molar-refractivity contribution is 0.571. The van der Waals surface area contributed by atoms with E-state index in [0.29, 0.717) is 5.52 Å². The van der Waals surface area contributed by atoms with Gasteiger partial charge in [0.05, 0.1) is 14.8 Å². The second kappa shape index (κ2) is 5.96. The van der Waals surface area contributed by atoms with Gasteiger partial charge in [0, 0.05) is 12.4 Å². The number of rotatable bonds is 3. The van der Waals surface area contributed by atoms with Crippen LogP contribution in [-0.4, -0.2) is 18.4 Å². The molecule has 0 fully saturated rings. The van der Waals surface area contributed by atoms with Crippen molar-refractivity contribution in [3.05, 3.63) is 57.9 Å². The fraction of sp³-hybridized carbons (Fsp3) is 0. The lowest BCUT2D eigenvalue weighted by Crippen LogP contribution is -2.15. The lowest BCUT2D eigenvalue weighted by atomic mass is 10.3. The van der Waals surface area contributed by atoms with Crippen LogP contribution >= 0.6 is 22.6 Å². The molecular formula is C14H8F2IN3O2S. The monoisotopic (exact) mass is 447 g/mol. The van der Waals surface area contributed by atoms with E-state index in [1.54, 1.807) is 6.07 Å². The molecule has 3 rings (SSSR count). The zero-order valence-corrected chi connectivity index (χ0v) is 14.3. The van der Waals surface area contributed by atoms with Crippen molar-refractivity contribution in [1.29, 1.82) is 0 Å². The Labute approximate surface area is 144 Å². The van der Waals surface area contributed by atoms with Crippen molar-refractivity contribution in [3.8, 4) is 0 Å². The number of nitrogens with zero attached hydrogens (tertiary/aromatic N) is 2. The second-order valence-electron chi connectivity index (χ2n) is 4.51. The van der Waals surface area contributed by atoms with E-state index in [2.05, 4.69) is 14.7 Å². The van der Waals surface area contributed by atoms with Gasteiger partial charge in [0.1, 0.15) is 16.2 Å². The molecule has 0 bridgehead atoms. The fourth-order valence-corrected chi connectivity index (χ4v) is 3.68. The molecule has 3 aromatic rings. The van der Waals surface area contributed by atoms with E-state index >= 15 is 0 Å². The Hall–Kier alpha value is -1.88. The molecule has 1 heterocycles. The normalized spacial score (nSPS) is 11.6. The highest BCUT2D eigenvalue weighted by molar-refractivity contribution is 14.1. The molecule has 0 radical (unpaired) electrons. The van der Waals surface area contributed by atoms with Crippen molar-refractivity contribution in [2.45, 2.75) is 4.90 Å². The molecule has 23 heavy (non-hydrogen) atoms. The van der Waals surface area contributed by atoms with Gasteiger partial charge in [-0.3, -0.25) is 14.7 Å². The Morgan fingerprint density at radius 3 is 2.57 bits per heavy atom. The first kappa shape index (κ1) is 16.0. The van der Waals surface area contributed by atoms with Gasteiger partial charge in [0.2, 0.25) is 0 Å². The summed E-state index contributed by atoms with van der Waals surface area (Å²) in [5, 5.41) is 0. The molecular weight excluding hydrogens is 439 g/mol. The maximum absolute atomic E-state index is 14.0. The Morgan fingerprint density at radius 1 is 1.04 bits per heavy atom. The number of nitrogens with one attached hydrogen (secondary N) is 1. The maximum atomic E-state index is 14.0. The van der Waals surface area contributed by atoms with Crippen molar-refractivity contribution < 1.29 is 17.2 Å². The number of sulfonamides is 1. The molecule has 0 spiro atoms. The summed E-state index contributed by atoms with van der Waals surface area (Å²) in [5.41, 5.74) is 0.223. The summed E-state index contributed by atoms with van der Waals surface area (Å²) in [6.45, 7) is 0. The third kappa shape index (κ3) is 2.98. The van der Waals surface area contributed by atoms with Crippen LogP contribution < -0.4 is 4.72 Å². The van der Waals surface area contributed by atoms with Crippen molar-refractivity contribution in [2.24, 2.45) is 0 Å². The fourth-order valence-electron chi connectivity index (χ4n) is 1.99. The molecule has 0 saturated heterocycles. The van der Waals surface area contributed by atoms with Crippen LogP contribution in [0.5, 0.6) is 0 Å². The molecule has 1 aromatic heterocycles. The zero-order chi connectivity index (χ0) is 16.6. The topological polar surface area (TPSA) is 72.0 Å². The highest BCUT2D eigenvalue weighted by Crippen LogP contribution is 2.26. The standard InChI is InChI=1S/C14H8F2IN3O2S/c15-8-4-5-9(12(16)13(8)17)20-23(21,22)11-3-1-2-10-14(11)19-7-6-18-10/h1-7,20H. The molecule has 0 aliphatic rings. The molecule has 1 N–H and O–H groups in total.